The van der Waals surface area contributed by atoms with Gasteiger partial charge in [0.25, 0.3) is 5.91 Å². The zero-order valence-electron chi connectivity index (χ0n) is 19.5. The van der Waals surface area contributed by atoms with E-state index < -0.39 is 23.1 Å². The quantitative estimate of drug-likeness (QED) is 0.427. The fourth-order valence-corrected chi connectivity index (χ4v) is 4.29. The second kappa shape index (κ2) is 12.1. The maximum absolute atomic E-state index is 13.3. The van der Waals surface area contributed by atoms with E-state index >= 15 is 0 Å². The molecule has 200 valence electrons. The molecule has 0 spiro atoms. The number of hydroxylamine groups is 1. The average molecular weight is 561 g/mol. The first-order chi connectivity index (χ1) is 17.5. The Labute approximate surface area is 221 Å². The van der Waals surface area contributed by atoms with Gasteiger partial charge in [-0.25, -0.2) is 5.48 Å². The Morgan fingerprint density at radius 1 is 1.05 bits per heavy atom. The largest absolute Gasteiger partial charge is 0.416 e. The number of nitrogens with one attached hydrogen (secondary N) is 2. The molecule has 1 saturated heterocycles. The fraction of sp³-hybridized carbons (Fsp3) is 0.375. The molecule has 0 aromatic heterocycles. The smallest absolute Gasteiger partial charge is 0.351 e. The maximum atomic E-state index is 13.3. The highest BCUT2D eigenvalue weighted by atomic mass is 35.5. The Morgan fingerprint density at radius 2 is 1.70 bits per heavy atom. The summed E-state index contributed by atoms with van der Waals surface area (Å²) in [7, 11) is 0. The number of halogens is 5. The maximum Gasteiger partial charge on any atom is 0.416 e. The number of benzene rings is 2. The van der Waals surface area contributed by atoms with E-state index in [1.165, 1.54) is 0 Å². The van der Waals surface area contributed by atoms with Gasteiger partial charge in [-0.3, -0.25) is 19.2 Å². The zero-order chi connectivity index (χ0) is 27.2. The van der Waals surface area contributed by atoms with Crippen LogP contribution in [0, 0.1) is 5.41 Å². The Morgan fingerprint density at radius 3 is 2.30 bits per heavy atom. The molecule has 4 N–H and O–H groups in total. The third kappa shape index (κ3) is 7.13. The van der Waals surface area contributed by atoms with Crippen molar-refractivity contribution in [1.29, 1.82) is 0 Å². The van der Waals surface area contributed by atoms with Crippen molar-refractivity contribution in [2.75, 3.05) is 26.2 Å². The van der Waals surface area contributed by atoms with Gasteiger partial charge < -0.3 is 16.0 Å². The van der Waals surface area contributed by atoms with Crippen molar-refractivity contribution < 1.29 is 32.4 Å². The molecule has 8 nitrogen and oxygen atoms in total. The SMILES string of the molecule is NCC(=O)N1CCC(CONC(=O)c2ccc(C(F)(F)F)cc2)(C(=O)NCc2cccc(Cl)c2Cl)CC1. The number of alkyl halides is 3. The van der Waals surface area contributed by atoms with Gasteiger partial charge in [0.05, 0.1) is 34.2 Å². The molecular weight excluding hydrogens is 536 g/mol. The first-order valence-electron chi connectivity index (χ1n) is 11.3. The molecule has 1 fully saturated rings. The van der Waals surface area contributed by atoms with Gasteiger partial charge in [0.15, 0.2) is 0 Å². The summed E-state index contributed by atoms with van der Waals surface area (Å²) in [5.41, 5.74) is 6.18. The van der Waals surface area contributed by atoms with Gasteiger partial charge in [-0.05, 0) is 48.7 Å². The highest BCUT2D eigenvalue weighted by molar-refractivity contribution is 6.42. The van der Waals surface area contributed by atoms with E-state index in [-0.39, 0.29) is 63.0 Å². The molecule has 13 heteroatoms. The van der Waals surface area contributed by atoms with Crippen LogP contribution in [0.25, 0.3) is 0 Å². The van der Waals surface area contributed by atoms with Gasteiger partial charge >= 0.3 is 6.18 Å². The molecule has 2 aromatic rings. The first kappa shape index (κ1) is 28.7. The number of piperidine rings is 1. The Bertz CT molecular complexity index is 1140. The van der Waals surface area contributed by atoms with Gasteiger partial charge in [0, 0.05) is 25.2 Å². The number of likely N-dealkylation sites (tertiary alicyclic amines) is 1. The molecule has 3 rings (SSSR count). The summed E-state index contributed by atoms with van der Waals surface area (Å²) in [6, 6.07) is 8.65. The second-order valence-corrected chi connectivity index (χ2v) is 9.34. The average Bonchev–Trinajstić information content (AvgIpc) is 2.88. The summed E-state index contributed by atoms with van der Waals surface area (Å²) in [6.07, 6.45) is -4.07. The zero-order valence-corrected chi connectivity index (χ0v) is 21.1. The van der Waals surface area contributed by atoms with Crippen molar-refractivity contribution in [1.82, 2.24) is 15.7 Å². The summed E-state index contributed by atoms with van der Waals surface area (Å²) in [4.78, 5) is 44.6. The summed E-state index contributed by atoms with van der Waals surface area (Å²) < 4.78 is 38.3. The third-order valence-corrected chi connectivity index (χ3v) is 7.05. The molecule has 2 aromatic carbocycles. The minimum atomic E-state index is -4.53. The van der Waals surface area contributed by atoms with Crippen LogP contribution in [0.15, 0.2) is 42.5 Å². The topological polar surface area (TPSA) is 114 Å². The van der Waals surface area contributed by atoms with Crippen LogP contribution in [0.3, 0.4) is 0 Å². The summed E-state index contributed by atoms with van der Waals surface area (Å²) in [5, 5.41) is 3.46. The molecule has 0 unspecified atom stereocenters. The van der Waals surface area contributed by atoms with Crippen LogP contribution >= 0.6 is 23.2 Å². The monoisotopic (exact) mass is 560 g/mol. The molecule has 0 atom stereocenters. The van der Waals surface area contributed by atoms with E-state index in [0.717, 1.165) is 24.3 Å². The Balaban J connectivity index is 1.67. The molecule has 0 radical (unpaired) electrons. The van der Waals surface area contributed by atoms with Crippen molar-refractivity contribution in [3.8, 4) is 0 Å². The third-order valence-electron chi connectivity index (χ3n) is 6.19. The van der Waals surface area contributed by atoms with Crippen LogP contribution in [0.2, 0.25) is 10.0 Å². The van der Waals surface area contributed by atoms with Crippen LogP contribution < -0.4 is 16.5 Å². The van der Waals surface area contributed by atoms with Crippen LogP contribution in [-0.2, 0) is 27.1 Å². The van der Waals surface area contributed by atoms with Gasteiger partial charge in [-0.2, -0.15) is 13.2 Å². The molecule has 1 heterocycles. The standard InChI is InChI=1S/C24H25Cl2F3N4O4/c25-18-3-1-2-16(20(18)26)13-31-22(36)23(8-10-33(11-9-23)19(34)12-30)14-37-32-21(35)15-4-6-17(7-5-15)24(27,28)29/h1-7H,8-14,30H2,(H,31,36)(H,32,35). The normalized spacial score (nSPS) is 15.2. The summed E-state index contributed by atoms with van der Waals surface area (Å²) in [6.45, 7) is 0.184. The van der Waals surface area contributed by atoms with Gasteiger partial charge in [0.1, 0.15) is 0 Å². The van der Waals surface area contributed by atoms with E-state index in [9.17, 15) is 27.6 Å². The van der Waals surface area contributed by atoms with E-state index in [1.807, 2.05) is 0 Å². The number of rotatable bonds is 8. The number of carbonyl (C=O) groups is 3. The molecule has 0 aliphatic carbocycles. The van der Waals surface area contributed by atoms with Crippen LogP contribution in [-0.4, -0.2) is 48.9 Å². The first-order valence-corrected chi connectivity index (χ1v) is 12.0. The number of hydrogen-bond acceptors (Lipinski definition) is 5. The van der Waals surface area contributed by atoms with Crippen LogP contribution in [0.5, 0.6) is 0 Å². The minimum absolute atomic E-state index is 0.0505. The van der Waals surface area contributed by atoms with Crippen molar-refractivity contribution in [2.24, 2.45) is 11.1 Å². The lowest BCUT2D eigenvalue weighted by atomic mass is 9.78. The number of nitrogens with zero attached hydrogens (tertiary/aromatic N) is 1. The van der Waals surface area contributed by atoms with E-state index in [4.69, 9.17) is 33.8 Å². The van der Waals surface area contributed by atoms with E-state index in [0.29, 0.717) is 15.6 Å². The lowest BCUT2D eigenvalue weighted by Gasteiger charge is -2.40. The predicted molar refractivity (Wildman–Crippen MR) is 130 cm³/mol. The van der Waals surface area contributed by atoms with Crippen LogP contribution in [0.4, 0.5) is 13.2 Å². The van der Waals surface area contributed by atoms with Gasteiger partial charge in [-0.1, -0.05) is 35.3 Å². The molecule has 0 saturated carbocycles. The summed E-state index contributed by atoms with van der Waals surface area (Å²) in [5.74, 6) is -1.41. The number of hydrogen-bond donors (Lipinski definition) is 3. The van der Waals surface area contributed by atoms with Crippen LogP contribution in [0.1, 0.15) is 34.3 Å². The molecular formula is C24H25Cl2F3N4O4. The highest BCUT2D eigenvalue weighted by Gasteiger charge is 2.43. The molecule has 37 heavy (non-hydrogen) atoms. The van der Waals surface area contributed by atoms with Crippen molar-refractivity contribution >= 4 is 40.9 Å². The van der Waals surface area contributed by atoms with Gasteiger partial charge in [-0.15, -0.1) is 0 Å². The molecule has 1 aliphatic rings. The lowest BCUT2D eigenvalue weighted by Crippen LogP contribution is -2.53. The highest BCUT2D eigenvalue weighted by Crippen LogP contribution is 2.33. The van der Waals surface area contributed by atoms with Gasteiger partial charge in [0.2, 0.25) is 11.8 Å². The lowest BCUT2D eigenvalue weighted by molar-refractivity contribution is -0.145. The Kier molecular flexibility index (Phi) is 9.41. The minimum Gasteiger partial charge on any atom is -0.351 e. The second-order valence-electron chi connectivity index (χ2n) is 8.56. The molecule has 0 bridgehead atoms. The van der Waals surface area contributed by atoms with Crippen molar-refractivity contribution in [3.63, 3.8) is 0 Å². The fourth-order valence-electron chi connectivity index (χ4n) is 3.91. The number of amides is 3. The number of nitrogens with two attached hydrogens (primary N) is 1. The van der Waals surface area contributed by atoms with Crippen molar-refractivity contribution in [2.45, 2.75) is 25.6 Å². The Hall–Kier alpha value is -2.86. The molecule has 3 amide bonds. The number of carbonyl (C=O) groups excluding carboxylic acids is 3. The van der Waals surface area contributed by atoms with Crippen molar-refractivity contribution in [3.05, 3.63) is 69.2 Å². The predicted octanol–water partition coefficient (Wildman–Crippen LogP) is 3.56. The van der Waals surface area contributed by atoms with E-state index in [1.54, 1.807) is 23.1 Å². The van der Waals surface area contributed by atoms with E-state index in [2.05, 4.69) is 10.8 Å². The summed E-state index contributed by atoms with van der Waals surface area (Å²) >= 11 is 12.2. The molecule has 1 aliphatic heterocycles.